The maximum atomic E-state index is 11.3. The molecule has 0 aliphatic rings. The predicted molar refractivity (Wildman–Crippen MR) is 127 cm³/mol. The van der Waals surface area contributed by atoms with Crippen molar-refractivity contribution >= 4 is 33.1 Å². The third-order valence-electron chi connectivity index (χ3n) is 5.51. The van der Waals surface area contributed by atoms with E-state index in [4.69, 9.17) is 0 Å². The van der Waals surface area contributed by atoms with Crippen molar-refractivity contribution in [2.75, 3.05) is 0 Å². The van der Waals surface area contributed by atoms with Crippen LogP contribution in [0, 0.1) is 27.7 Å². The summed E-state index contributed by atoms with van der Waals surface area (Å²) in [5, 5.41) is 4.80. The second kappa shape index (κ2) is 8.62. The van der Waals surface area contributed by atoms with Gasteiger partial charge >= 0.3 is 0 Å². The quantitative estimate of drug-likeness (QED) is 0.333. The summed E-state index contributed by atoms with van der Waals surface area (Å²) in [6, 6.07) is 20.4. The number of Topliss-reactive ketones (excluding diaryl/α,β-unsaturated/α-hetero) is 2. The Morgan fingerprint density at radius 1 is 0.600 bits per heavy atom. The highest BCUT2D eigenvalue weighted by molar-refractivity contribution is 6.01. The SMILES string of the molecule is CC(=O)c1cc(C)c2c(C)cccc2c1.CC(=O)c1cc(C)c2cc(C)ccc2c1. The van der Waals surface area contributed by atoms with Crippen molar-refractivity contribution in [3.63, 3.8) is 0 Å². The molecule has 152 valence electrons. The van der Waals surface area contributed by atoms with Crippen molar-refractivity contribution in [2.24, 2.45) is 0 Å². The number of rotatable bonds is 2. The van der Waals surface area contributed by atoms with Gasteiger partial charge in [0.1, 0.15) is 0 Å². The van der Waals surface area contributed by atoms with E-state index in [-0.39, 0.29) is 11.6 Å². The molecule has 0 saturated carbocycles. The van der Waals surface area contributed by atoms with E-state index >= 15 is 0 Å². The standard InChI is InChI=1S/2C14H14O/c1-9-4-5-12-8-13(11(3)15)7-10(2)14(12)6-9;1-9-5-4-6-12-8-13(11(3)15)7-10(2)14(9)12/h2*4-8H,1-3H3. The Bertz CT molecular complexity index is 1280. The van der Waals surface area contributed by atoms with E-state index in [2.05, 4.69) is 51.1 Å². The van der Waals surface area contributed by atoms with Crippen LogP contribution in [0.25, 0.3) is 21.5 Å². The summed E-state index contributed by atoms with van der Waals surface area (Å²) in [7, 11) is 0. The molecule has 4 aromatic rings. The zero-order valence-corrected chi connectivity index (χ0v) is 18.6. The van der Waals surface area contributed by atoms with Crippen molar-refractivity contribution in [2.45, 2.75) is 41.5 Å². The predicted octanol–water partition coefficient (Wildman–Crippen LogP) is 7.32. The number of hydrogen-bond donors (Lipinski definition) is 0. The molecule has 0 amide bonds. The summed E-state index contributed by atoms with van der Waals surface area (Å²) < 4.78 is 0. The molecular formula is C28H28O2. The molecular weight excluding hydrogens is 368 g/mol. The number of fused-ring (bicyclic) bond motifs is 2. The van der Waals surface area contributed by atoms with Gasteiger partial charge in [-0.05, 0) is 104 Å². The minimum Gasteiger partial charge on any atom is -0.295 e. The molecule has 0 aliphatic heterocycles. The van der Waals surface area contributed by atoms with Gasteiger partial charge in [-0.25, -0.2) is 0 Å². The number of carbonyl (C=O) groups excluding carboxylic acids is 2. The van der Waals surface area contributed by atoms with Gasteiger partial charge in [0.2, 0.25) is 0 Å². The molecule has 30 heavy (non-hydrogen) atoms. The van der Waals surface area contributed by atoms with E-state index in [1.807, 2.05) is 37.3 Å². The van der Waals surface area contributed by atoms with E-state index in [0.29, 0.717) is 0 Å². The first kappa shape index (κ1) is 21.4. The second-order valence-corrected chi connectivity index (χ2v) is 8.10. The summed E-state index contributed by atoms with van der Waals surface area (Å²) in [6.45, 7) is 11.5. The molecule has 0 aromatic heterocycles. The first-order chi connectivity index (χ1) is 14.2. The van der Waals surface area contributed by atoms with Gasteiger partial charge in [-0.2, -0.15) is 0 Å². The number of carbonyl (C=O) groups is 2. The minimum absolute atomic E-state index is 0.126. The maximum Gasteiger partial charge on any atom is 0.159 e. The Morgan fingerprint density at radius 3 is 1.83 bits per heavy atom. The smallest absolute Gasteiger partial charge is 0.159 e. The van der Waals surface area contributed by atoms with Gasteiger partial charge in [0.05, 0.1) is 0 Å². The number of hydrogen-bond acceptors (Lipinski definition) is 2. The molecule has 0 radical (unpaired) electrons. The van der Waals surface area contributed by atoms with Crippen molar-refractivity contribution in [1.29, 1.82) is 0 Å². The van der Waals surface area contributed by atoms with Gasteiger partial charge in [0.15, 0.2) is 11.6 Å². The van der Waals surface area contributed by atoms with E-state index in [1.165, 1.54) is 33.0 Å². The summed E-state index contributed by atoms with van der Waals surface area (Å²) >= 11 is 0. The molecule has 0 saturated heterocycles. The zero-order chi connectivity index (χ0) is 22.0. The van der Waals surface area contributed by atoms with E-state index in [1.54, 1.807) is 13.8 Å². The van der Waals surface area contributed by atoms with Crippen molar-refractivity contribution in [3.8, 4) is 0 Å². The average molecular weight is 397 g/mol. The van der Waals surface area contributed by atoms with Crippen LogP contribution in [-0.4, -0.2) is 11.6 Å². The number of aryl methyl sites for hydroxylation is 4. The molecule has 0 fully saturated rings. The lowest BCUT2D eigenvalue weighted by molar-refractivity contribution is 0.100. The Morgan fingerprint density at radius 2 is 1.20 bits per heavy atom. The fourth-order valence-electron chi connectivity index (χ4n) is 3.93. The number of benzene rings is 4. The molecule has 0 N–H and O–H groups in total. The Labute approximate surface area is 178 Å². The summed E-state index contributed by atoms with van der Waals surface area (Å²) in [4.78, 5) is 22.6. The molecule has 0 heterocycles. The van der Waals surface area contributed by atoms with Crippen LogP contribution in [0.1, 0.15) is 56.8 Å². The van der Waals surface area contributed by atoms with Crippen molar-refractivity contribution in [1.82, 2.24) is 0 Å². The van der Waals surface area contributed by atoms with E-state index in [9.17, 15) is 9.59 Å². The topological polar surface area (TPSA) is 34.1 Å². The lowest BCUT2D eigenvalue weighted by Gasteiger charge is -2.07. The first-order valence-electron chi connectivity index (χ1n) is 10.2. The molecule has 0 bridgehead atoms. The monoisotopic (exact) mass is 396 g/mol. The summed E-state index contributed by atoms with van der Waals surface area (Å²) in [5.74, 6) is 0.252. The average Bonchev–Trinajstić information content (AvgIpc) is 2.68. The van der Waals surface area contributed by atoms with Gasteiger partial charge in [0.25, 0.3) is 0 Å². The lowest BCUT2D eigenvalue weighted by Crippen LogP contribution is -1.94. The van der Waals surface area contributed by atoms with Crippen molar-refractivity contribution in [3.05, 3.63) is 94.0 Å². The highest BCUT2D eigenvalue weighted by Gasteiger charge is 2.06. The van der Waals surface area contributed by atoms with Crippen LogP contribution in [0.5, 0.6) is 0 Å². The largest absolute Gasteiger partial charge is 0.295 e. The van der Waals surface area contributed by atoms with E-state index in [0.717, 1.165) is 21.9 Å². The van der Waals surface area contributed by atoms with E-state index < -0.39 is 0 Å². The third-order valence-corrected chi connectivity index (χ3v) is 5.51. The number of ketones is 2. The Kier molecular flexibility index (Phi) is 6.17. The van der Waals surface area contributed by atoms with Gasteiger partial charge < -0.3 is 0 Å². The highest BCUT2D eigenvalue weighted by atomic mass is 16.1. The Balaban J connectivity index is 0.000000171. The maximum absolute atomic E-state index is 11.3. The normalized spacial score (nSPS) is 10.6. The van der Waals surface area contributed by atoms with Gasteiger partial charge in [-0.1, -0.05) is 42.0 Å². The summed E-state index contributed by atoms with van der Waals surface area (Å²) in [5.41, 5.74) is 6.45. The fourth-order valence-corrected chi connectivity index (χ4v) is 3.93. The van der Waals surface area contributed by atoms with Crippen LogP contribution in [0.4, 0.5) is 0 Å². The molecule has 2 nitrogen and oxygen atoms in total. The third kappa shape index (κ3) is 4.49. The molecule has 4 aromatic carbocycles. The van der Waals surface area contributed by atoms with Crippen LogP contribution in [-0.2, 0) is 0 Å². The van der Waals surface area contributed by atoms with Crippen LogP contribution in [0.3, 0.4) is 0 Å². The lowest BCUT2D eigenvalue weighted by atomic mass is 9.97. The first-order valence-corrected chi connectivity index (χ1v) is 10.2. The summed E-state index contributed by atoms with van der Waals surface area (Å²) in [6.07, 6.45) is 0. The van der Waals surface area contributed by atoms with Crippen LogP contribution < -0.4 is 0 Å². The molecule has 0 atom stereocenters. The van der Waals surface area contributed by atoms with Crippen LogP contribution in [0.2, 0.25) is 0 Å². The molecule has 0 aliphatic carbocycles. The van der Waals surface area contributed by atoms with Gasteiger partial charge in [-0.3, -0.25) is 9.59 Å². The Hall–Kier alpha value is -3.26. The molecule has 0 spiro atoms. The fraction of sp³-hybridized carbons (Fsp3) is 0.214. The van der Waals surface area contributed by atoms with Crippen molar-refractivity contribution < 1.29 is 9.59 Å². The molecule has 2 heteroatoms. The second-order valence-electron chi connectivity index (χ2n) is 8.10. The van der Waals surface area contributed by atoms with Crippen LogP contribution in [0.15, 0.2) is 60.7 Å². The van der Waals surface area contributed by atoms with Gasteiger partial charge in [-0.15, -0.1) is 0 Å². The highest BCUT2D eigenvalue weighted by Crippen LogP contribution is 2.24. The molecule has 4 rings (SSSR count). The molecule has 0 unspecified atom stereocenters. The van der Waals surface area contributed by atoms with Gasteiger partial charge in [0, 0.05) is 11.1 Å². The van der Waals surface area contributed by atoms with Crippen LogP contribution >= 0.6 is 0 Å². The zero-order valence-electron chi connectivity index (χ0n) is 18.6. The minimum atomic E-state index is 0.126.